The number of para-hydroxylation sites is 1. The number of likely N-dealkylation sites (N-methyl/N-ethyl adjacent to an activating group) is 1. The van der Waals surface area contributed by atoms with E-state index in [0.717, 1.165) is 11.3 Å². The molecule has 0 heterocycles. The maximum Gasteiger partial charge on any atom is 0.338 e. The molecule has 0 unspecified atom stereocenters. The van der Waals surface area contributed by atoms with E-state index in [1.807, 2.05) is 49.4 Å². The molecule has 2 rings (SSSR count). The number of hydrogen-bond donors (Lipinski definition) is 0. The number of ether oxygens (including phenoxy) is 1. The van der Waals surface area contributed by atoms with Crippen molar-refractivity contribution in [1.29, 1.82) is 0 Å². The SMILES string of the molecule is Cc1ccc(C(=O)OCC(=O)N(C)c2ccccc2)cc1. The van der Waals surface area contributed by atoms with Crippen LogP contribution in [0.3, 0.4) is 0 Å². The second-order valence-electron chi connectivity index (χ2n) is 4.73. The monoisotopic (exact) mass is 283 g/mol. The van der Waals surface area contributed by atoms with Gasteiger partial charge in [-0.05, 0) is 31.2 Å². The highest BCUT2D eigenvalue weighted by Crippen LogP contribution is 2.11. The number of rotatable bonds is 4. The second kappa shape index (κ2) is 6.70. The van der Waals surface area contributed by atoms with Crippen LogP contribution in [0.5, 0.6) is 0 Å². The van der Waals surface area contributed by atoms with E-state index in [0.29, 0.717) is 5.56 Å². The van der Waals surface area contributed by atoms with E-state index < -0.39 is 5.97 Å². The van der Waals surface area contributed by atoms with Gasteiger partial charge in [-0.15, -0.1) is 0 Å². The third-order valence-electron chi connectivity index (χ3n) is 3.13. The van der Waals surface area contributed by atoms with Crippen molar-refractivity contribution in [3.8, 4) is 0 Å². The Morgan fingerprint density at radius 1 is 1.00 bits per heavy atom. The Morgan fingerprint density at radius 2 is 1.62 bits per heavy atom. The number of carbonyl (C=O) groups is 2. The van der Waals surface area contributed by atoms with Crippen LogP contribution >= 0.6 is 0 Å². The van der Waals surface area contributed by atoms with Crippen molar-refractivity contribution in [2.24, 2.45) is 0 Å². The standard InChI is InChI=1S/C17H17NO3/c1-13-8-10-14(11-9-13)17(20)21-12-16(19)18(2)15-6-4-3-5-7-15/h3-11H,12H2,1-2H3. The van der Waals surface area contributed by atoms with Gasteiger partial charge in [-0.2, -0.15) is 0 Å². The molecule has 0 aliphatic carbocycles. The molecule has 108 valence electrons. The van der Waals surface area contributed by atoms with E-state index in [2.05, 4.69) is 0 Å². The number of benzene rings is 2. The van der Waals surface area contributed by atoms with Crippen LogP contribution in [0.1, 0.15) is 15.9 Å². The van der Waals surface area contributed by atoms with E-state index in [1.54, 1.807) is 19.2 Å². The van der Waals surface area contributed by atoms with Gasteiger partial charge in [0.2, 0.25) is 0 Å². The zero-order valence-corrected chi connectivity index (χ0v) is 12.1. The molecule has 1 amide bonds. The molecule has 0 saturated carbocycles. The highest BCUT2D eigenvalue weighted by Gasteiger charge is 2.14. The minimum Gasteiger partial charge on any atom is -0.452 e. The Kier molecular flexibility index (Phi) is 4.72. The molecule has 2 aromatic rings. The molecular weight excluding hydrogens is 266 g/mol. The van der Waals surface area contributed by atoms with Crippen molar-refractivity contribution in [3.63, 3.8) is 0 Å². The van der Waals surface area contributed by atoms with Gasteiger partial charge < -0.3 is 9.64 Å². The summed E-state index contributed by atoms with van der Waals surface area (Å²) in [7, 11) is 1.65. The molecule has 0 fully saturated rings. The van der Waals surface area contributed by atoms with Crippen LogP contribution in [0.25, 0.3) is 0 Å². The molecule has 0 bridgehead atoms. The molecule has 0 spiro atoms. The van der Waals surface area contributed by atoms with Gasteiger partial charge >= 0.3 is 5.97 Å². The summed E-state index contributed by atoms with van der Waals surface area (Å²) < 4.78 is 5.04. The average molecular weight is 283 g/mol. The third-order valence-corrected chi connectivity index (χ3v) is 3.13. The smallest absolute Gasteiger partial charge is 0.338 e. The Hall–Kier alpha value is -2.62. The van der Waals surface area contributed by atoms with Gasteiger partial charge in [0, 0.05) is 12.7 Å². The molecule has 4 heteroatoms. The first kappa shape index (κ1) is 14.8. The van der Waals surface area contributed by atoms with E-state index in [-0.39, 0.29) is 12.5 Å². The summed E-state index contributed by atoms with van der Waals surface area (Å²) in [5.41, 5.74) is 2.26. The van der Waals surface area contributed by atoms with Gasteiger partial charge in [-0.3, -0.25) is 4.79 Å². The number of esters is 1. The molecule has 0 atom stereocenters. The Labute approximate surface area is 124 Å². The summed E-state index contributed by atoms with van der Waals surface area (Å²) in [6, 6.07) is 16.2. The molecule has 0 aliphatic rings. The first-order valence-corrected chi connectivity index (χ1v) is 6.63. The van der Waals surface area contributed by atoms with Gasteiger partial charge in [-0.25, -0.2) is 4.79 Å². The number of anilines is 1. The van der Waals surface area contributed by atoms with E-state index >= 15 is 0 Å². The number of nitrogens with zero attached hydrogens (tertiary/aromatic N) is 1. The summed E-state index contributed by atoms with van der Waals surface area (Å²) in [6.07, 6.45) is 0. The van der Waals surface area contributed by atoms with Crippen LogP contribution in [-0.2, 0) is 9.53 Å². The number of carbonyl (C=O) groups excluding carboxylic acids is 2. The Bertz CT molecular complexity index is 620. The molecule has 0 aromatic heterocycles. The summed E-state index contributed by atoms with van der Waals surface area (Å²) in [5.74, 6) is -0.772. The topological polar surface area (TPSA) is 46.6 Å². The molecule has 0 saturated heterocycles. The van der Waals surface area contributed by atoms with Crippen LogP contribution in [-0.4, -0.2) is 25.5 Å². The van der Waals surface area contributed by atoms with E-state index in [4.69, 9.17) is 4.74 Å². The highest BCUT2D eigenvalue weighted by atomic mass is 16.5. The summed E-state index contributed by atoms with van der Waals surface area (Å²) in [6.45, 7) is 1.66. The van der Waals surface area contributed by atoms with Crippen molar-refractivity contribution in [3.05, 3.63) is 65.7 Å². The molecule has 4 nitrogen and oxygen atoms in total. The fourth-order valence-electron chi connectivity index (χ4n) is 1.79. The highest BCUT2D eigenvalue weighted by molar-refractivity contribution is 5.96. The fourth-order valence-corrected chi connectivity index (χ4v) is 1.79. The average Bonchev–Trinajstić information content (AvgIpc) is 2.53. The normalized spacial score (nSPS) is 10.0. The van der Waals surface area contributed by atoms with Crippen molar-refractivity contribution < 1.29 is 14.3 Å². The van der Waals surface area contributed by atoms with E-state index in [9.17, 15) is 9.59 Å². The number of amides is 1. The molecule has 0 aliphatic heterocycles. The summed E-state index contributed by atoms with van der Waals surface area (Å²) >= 11 is 0. The molecule has 0 N–H and O–H groups in total. The number of aryl methyl sites for hydroxylation is 1. The first-order valence-electron chi connectivity index (χ1n) is 6.63. The minimum atomic E-state index is -0.496. The van der Waals surface area contributed by atoms with Gasteiger partial charge in [0.1, 0.15) is 0 Å². The predicted octanol–water partition coefficient (Wildman–Crippen LogP) is 2.81. The van der Waals surface area contributed by atoms with Crippen molar-refractivity contribution in [2.45, 2.75) is 6.92 Å². The maximum atomic E-state index is 12.0. The van der Waals surface area contributed by atoms with Crippen LogP contribution in [0.2, 0.25) is 0 Å². The molecule has 21 heavy (non-hydrogen) atoms. The van der Waals surface area contributed by atoms with Crippen LogP contribution in [0.4, 0.5) is 5.69 Å². The lowest BCUT2D eigenvalue weighted by Gasteiger charge is -2.17. The lowest BCUT2D eigenvalue weighted by Crippen LogP contribution is -2.31. The maximum absolute atomic E-state index is 12.0. The number of hydrogen-bond acceptors (Lipinski definition) is 3. The quantitative estimate of drug-likeness (QED) is 0.811. The zero-order chi connectivity index (χ0) is 15.2. The third kappa shape index (κ3) is 3.92. The fraction of sp³-hybridized carbons (Fsp3) is 0.176. The van der Waals surface area contributed by atoms with Crippen molar-refractivity contribution >= 4 is 17.6 Å². The van der Waals surface area contributed by atoms with Crippen LogP contribution in [0, 0.1) is 6.92 Å². The molecule has 2 aromatic carbocycles. The molecule has 0 radical (unpaired) electrons. The largest absolute Gasteiger partial charge is 0.452 e. The summed E-state index contributed by atoms with van der Waals surface area (Å²) in [5, 5.41) is 0. The minimum absolute atomic E-state index is 0.276. The van der Waals surface area contributed by atoms with Gasteiger partial charge in [0.15, 0.2) is 6.61 Å². The first-order chi connectivity index (χ1) is 10.1. The Balaban J connectivity index is 1.92. The lowest BCUT2D eigenvalue weighted by atomic mass is 10.1. The van der Waals surface area contributed by atoms with Crippen LogP contribution < -0.4 is 4.90 Å². The molecular formula is C17H17NO3. The second-order valence-corrected chi connectivity index (χ2v) is 4.73. The van der Waals surface area contributed by atoms with Crippen LogP contribution in [0.15, 0.2) is 54.6 Å². The lowest BCUT2D eigenvalue weighted by molar-refractivity contribution is -0.121. The summed E-state index contributed by atoms with van der Waals surface area (Å²) in [4.78, 5) is 25.3. The van der Waals surface area contributed by atoms with Crippen molar-refractivity contribution in [1.82, 2.24) is 0 Å². The Morgan fingerprint density at radius 3 is 2.24 bits per heavy atom. The van der Waals surface area contributed by atoms with Gasteiger partial charge in [0.05, 0.1) is 5.56 Å². The van der Waals surface area contributed by atoms with Crippen molar-refractivity contribution in [2.75, 3.05) is 18.6 Å². The van der Waals surface area contributed by atoms with Gasteiger partial charge in [0.25, 0.3) is 5.91 Å². The zero-order valence-electron chi connectivity index (χ0n) is 12.1. The van der Waals surface area contributed by atoms with Gasteiger partial charge in [-0.1, -0.05) is 35.9 Å². The predicted molar refractivity (Wildman–Crippen MR) is 81.3 cm³/mol. The van der Waals surface area contributed by atoms with E-state index in [1.165, 1.54) is 4.90 Å².